The molecule has 0 aliphatic rings. The number of carboxylic acids is 1. The monoisotopic (exact) mass is 231 g/mol. The Morgan fingerprint density at radius 2 is 1.06 bits per heavy atom. The van der Waals surface area contributed by atoms with Crippen LogP contribution in [0, 0.1) is 0 Å². The fraction of sp³-hybridized carbons (Fsp3) is 0.0714. The van der Waals surface area contributed by atoms with Crippen molar-refractivity contribution in [1.82, 2.24) is 6.15 Å². The first-order chi connectivity index (χ1) is 7.70. The van der Waals surface area contributed by atoms with Gasteiger partial charge in [-0.3, -0.25) is 4.79 Å². The molecule has 0 amide bonds. The van der Waals surface area contributed by atoms with Crippen LogP contribution in [0.2, 0.25) is 0 Å². The van der Waals surface area contributed by atoms with Crippen LogP contribution in [0.25, 0.3) is 11.1 Å². The molecule has 0 atom stereocenters. The van der Waals surface area contributed by atoms with Crippen molar-refractivity contribution in [2.75, 3.05) is 0 Å². The molecule has 0 aliphatic heterocycles. The highest BCUT2D eigenvalue weighted by atomic mass is 16.4. The summed E-state index contributed by atoms with van der Waals surface area (Å²) in [6.45, 7) is 1.08. The van der Waals surface area contributed by atoms with Crippen LogP contribution in [0.1, 0.15) is 6.92 Å². The zero-order chi connectivity index (χ0) is 11.8. The van der Waals surface area contributed by atoms with E-state index in [-0.39, 0.29) is 6.15 Å². The van der Waals surface area contributed by atoms with Gasteiger partial charge in [0.25, 0.3) is 5.97 Å². The summed E-state index contributed by atoms with van der Waals surface area (Å²) in [5, 5.41) is 7.42. The lowest BCUT2D eigenvalue weighted by Crippen LogP contribution is -1.78. The summed E-state index contributed by atoms with van der Waals surface area (Å²) in [6, 6.07) is 20.8. The smallest absolute Gasteiger partial charge is 0.300 e. The summed E-state index contributed by atoms with van der Waals surface area (Å²) in [5.74, 6) is -0.833. The molecular weight excluding hydrogens is 214 g/mol. The molecule has 0 bridgehead atoms. The molecular formula is C14H17NO2. The molecule has 3 heteroatoms. The summed E-state index contributed by atoms with van der Waals surface area (Å²) in [5.41, 5.74) is 2.55. The Labute approximate surface area is 101 Å². The van der Waals surface area contributed by atoms with Gasteiger partial charge in [-0.25, -0.2) is 0 Å². The van der Waals surface area contributed by atoms with Gasteiger partial charge in [0.15, 0.2) is 0 Å². The molecule has 2 rings (SSSR count). The van der Waals surface area contributed by atoms with Crippen LogP contribution in [-0.2, 0) is 4.79 Å². The van der Waals surface area contributed by atoms with Crippen LogP contribution in [0.3, 0.4) is 0 Å². The first-order valence-electron chi connectivity index (χ1n) is 5.00. The zero-order valence-electron chi connectivity index (χ0n) is 9.84. The molecule has 0 saturated heterocycles. The van der Waals surface area contributed by atoms with Crippen molar-refractivity contribution in [3.63, 3.8) is 0 Å². The molecule has 0 heterocycles. The molecule has 2 aromatic carbocycles. The van der Waals surface area contributed by atoms with E-state index in [0.717, 1.165) is 6.92 Å². The van der Waals surface area contributed by atoms with Crippen LogP contribution >= 0.6 is 0 Å². The Hall–Kier alpha value is -2.13. The summed E-state index contributed by atoms with van der Waals surface area (Å²) < 4.78 is 0. The molecule has 17 heavy (non-hydrogen) atoms. The van der Waals surface area contributed by atoms with E-state index in [1.807, 2.05) is 12.1 Å². The quantitative estimate of drug-likeness (QED) is 0.787. The summed E-state index contributed by atoms with van der Waals surface area (Å²) in [6.07, 6.45) is 0. The van der Waals surface area contributed by atoms with Crippen LogP contribution in [0.4, 0.5) is 0 Å². The van der Waals surface area contributed by atoms with Gasteiger partial charge >= 0.3 is 0 Å². The summed E-state index contributed by atoms with van der Waals surface area (Å²) in [7, 11) is 0. The third kappa shape index (κ3) is 6.12. The van der Waals surface area contributed by atoms with Crippen LogP contribution in [0.15, 0.2) is 60.7 Å². The van der Waals surface area contributed by atoms with Gasteiger partial charge in [0.2, 0.25) is 0 Å². The van der Waals surface area contributed by atoms with Crippen molar-refractivity contribution < 1.29 is 9.90 Å². The van der Waals surface area contributed by atoms with Crippen molar-refractivity contribution in [2.45, 2.75) is 6.92 Å². The number of hydrogen-bond acceptors (Lipinski definition) is 2. The number of hydrogen-bond donors (Lipinski definition) is 2. The maximum atomic E-state index is 9.00. The van der Waals surface area contributed by atoms with E-state index in [9.17, 15) is 0 Å². The fourth-order valence-corrected chi connectivity index (χ4v) is 1.26. The van der Waals surface area contributed by atoms with Crippen molar-refractivity contribution >= 4 is 5.97 Å². The Balaban J connectivity index is 0.000000453. The number of carboxylic acid groups (broad SMARTS) is 1. The normalized spacial score (nSPS) is 8.29. The lowest BCUT2D eigenvalue weighted by Gasteiger charge is -1.98. The van der Waals surface area contributed by atoms with Crippen molar-refractivity contribution in [3.8, 4) is 11.1 Å². The third-order valence-corrected chi connectivity index (χ3v) is 1.88. The summed E-state index contributed by atoms with van der Waals surface area (Å²) in [4.78, 5) is 9.00. The number of benzene rings is 2. The maximum absolute atomic E-state index is 9.00. The van der Waals surface area contributed by atoms with Crippen LogP contribution in [-0.4, -0.2) is 11.1 Å². The van der Waals surface area contributed by atoms with E-state index < -0.39 is 5.97 Å². The second-order valence-electron chi connectivity index (χ2n) is 3.25. The van der Waals surface area contributed by atoms with Crippen molar-refractivity contribution in [3.05, 3.63) is 60.7 Å². The number of rotatable bonds is 1. The molecule has 0 fully saturated rings. The van der Waals surface area contributed by atoms with E-state index >= 15 is 0 Å². The molecule has 0 unspecified atom stereocenters. The van der Waals surface area contributed by atoms with Crippen LogP contribution < -0.4 is 6.15 Å². The van der Waals surface area contributed by atoms with E-state index in [1.54, 1.807) is 0 Å². The Morgan fingerprint density at radius 3 is 1.29 bits per heavy atom. The van der Waals surface area contributed by atoms with Crippen molar-refractivity contribution in [1.29, 1.82) is 0 Å². The Kier molecular flexibility index (Phi) is 7.06. The minimum Gasteiger partial charge on any atom is -0.481 e. The maximum Gasteiger partial charge on any atom is 0.300 e. The third-order valence-electron chi connectivity index (χ3n) is 1.88. The highest BCUT2D eigenvalue weighted by molar-refractivity contribution is 5.63. The summed E-state index contributed by atoms with van der Waals surface area (Å²) >= 11 is 0. The minimum atomic E-state index is -0.833. The average molecular weight is 231 g/mol. The lowest BCUT2D eigenvalue weighted by atomic mass is 10.1. The number of carbonyl (C=O) groups is 1. The van der Waals surface area contributed by atoms with E-state index in [4.69, 9.17) is 9.90 Å². The minimum absolute atomic E-state index is 0. The van der Waals surface area contributed by atoms with Gasteiger partial charge < -0.3 is 11.3 Å². The van der Waals surface area contributed by atoms with Gasteiger partial charge in [-0.05, 0) is 11.1 Å². The predicted molar refractivity (Wildman–Crippen MR) is 70.2 cm³/mol. The van der Waals surface area contributed by atoms with Gasteiger partial charge in [-0.1, -0.05) is 60.7 Å². The first kappa shape index (κ1) is 14.9. The molecule has 90 valence electrons. The second kappa shape index (κ2) is 8.07. The molecule has 4 N–H and O–H groups in total. The molecule has 0 spiro atoms. The fourth-order valence-electron chi connectivity index (χ4n) is 1.26. The van der Waals surface area contributed by atoms with Gasteiger partial charge in [0, 0.05) is 6.92 Å². The predicted octanol–water partition coefficient (Wildman–Crippen LogP) is 3.61. The molecule has 3 nitrogen and oxygen atoms in total. The van der Waals surface area contributed by atoms with Crippen LogP contribution in [0.5, 0.6) is 0 Å². The average Bonchev–Trinajstić information content (AvgIpc) is 2.31. The number of aliphatic carboxylic acids is 1. The topological polar surface area (TPSA) is 72.3 Å². The van der Waals surface area contributed by atoms with Gasteiger partial charge in [0.1, 0.15) is 0 Å². The van der Waals surface area contributed by atoms with Gasteiger partial charge in [-0.2, -0.15) is 0 Å². The molecule has 2 aromatic rings. The molecule has 0 radical (unpaired) electrons. The molecule has 0 saturated carbocycles. The second-order valence-corrected chi connectivity index (χ2v) is 3.25. The lowest BCUT2D eigenvalue weighted by molar-refractivity contribution is -0.134. The highest BCUT2D eigenvalue weighted by Crippen LogP contribution is 2.17. The molecule has 0 aliphatic carbocycles. The first-order valence-corrected chi connectivity index (χ1v) is 5.00. The molecule has 0 aromatic heterocycles. The standard InChI is InChI=1S/C12H10.C2H4O2.H3N/c1-3-7-11(8-4-1)12-9-5-2-6-10-12;1-2(3)4;/h1-10H;1H3,(H,3,4);1H3. The Morgan fingerprint density at radius 1 is 0.824 bits per heavy atom. The van der Waals surface area contributed by atoms with Gasteiger partial charge in [0.05, 0.1) is 0 Å². The van der Waals surface area contributed by atoms with E-state index in [1.165, 1.54) is 11.1 Å². The SMILES string of the molecule is CC(=O)O.N.c1ccc(-c2ccccc2)cc1. The largest absolute Gasteiger partial charge is 0.481 e. The Bertz CT molecular complexity index is 385. The van der Waals surface area contributed by atoms with E-state index in [0.29, 0.717) is 0 Å². The van der Waals surface area contributed by atoms with E-state index in [2.05, 4.69) is 48.5 Å². The van der Waals surface area contributed by atoms with Gasteiger partial charge in [-0.15, -0.1) is 0 Å². The highest BCUT2D eigenvalue weighted by Gasteiger charge is 1.91. The zero-order valence-corrected chi connectivity index (χ0v) is 9.84. The van der Waals surface area contributed by atoms with Crippen molar-refractivity contribution in [2.24, 2.45) is 0 Å².